The van der Waals surface area contributed by atoms with Gasteiger partial charge in [0.05, 0.1) is 7.11 Å². The van der Waals surface area contributed by atoms with Crippen LogP contribution in [0.25, 0.3) is 10.8 Å². The molecule has 3 rings (SSSR count). The third-order valence-electron chi connectivity index (χ3n) is 3.62. The smallest absolute Gasteiger partial charge is 0.346 e. The topological polar surface area (TPSA) is 64.6 Å². The standard InChI is InChI=1S/C18H17NO4S/c1-22-18(21)17-15(8-9-24-17)19-16(20)11-23-14-7-6-12-4-2-3-5-13(12)10-14/h2-7,10H,8-9,11H2,1H3,(H,19,20). The van der Waals surface area contributed by atoms with E-state index in [1.807, 2.05) is 42.5 Å². The molecule has 124 valence electrons. The normalized spacial score (nSPS) is 13.9. The SMILES string of the molecule is COC(=O)C1=C(NC(=O)COc2ccc3ccccc3c2)CCS1. The molecule has 0 unspecified atom stereocenters. The Morgan fingerprint density at radius 2 is 1.96 bits per heavy atom. The maximum absolute atomic E-state index is 12.1. The number of thioether (sulfide) groups is 1. The Labute approximate surface area is 144 Å². The number of benzene rings is 2. The summed E-state index contributed by atoms with van der Waals surface area (Å²) >= 11 is 1.39. The minimum Gasteiger partial charge on any atom is -0.484 e. The zero-order valence-electron chi connectivity index (χ0n) is 13.2. The number of allylic oxidation sites excluding steroid dienone is 1. The van der Waals surface area contributed by atoms with Crippen LogP contribution in [0.3, 0.4) is 0 Å². The van der Waals surface area contributed by atoms with E-state index < -0.39 is 5.97 Å². The van der Waals surface area contributed by atoms with E-state index in [4.69, 9.17) is 9.47 Å². The zero-order valence-corrected chi connectivity index (χ0v) is 14.0. The summed E-state index contributed by atoms with van der Waals surface area (Å²) in [5, 5.41) is 4.92. The van der Waals surface area contributed by atoms with Crippen LogP contribution in [0.2, 0.25) is 0 Å². The van der Waals surface area contributed by atoms with Crippen molar-refractivity contribution in [1.29, 1.82) is 0 Å². The van der Waals surface area contributed by atoms with E-state index in [0.29, 0.717) is 22.8 Å². The molecule has 0 radical (unpaired) electrons. The van der Waals surface area contributed by atoms with Gasteiger partial charge in [-0.3, -0.25) is 4.79 Å². The van der Waals surface area contributed by atoms with Crippen LogP contribution in [-0.4, -0.2) is 31.3 Å². The molecule has 2 aromatic carbocycles. The van der Waals surface area contributed by atoms with Crippen molar-refractivity contribution < 1.29 is 19.1 Å². The maximum atomic E-state index is 12.1. The lowest BCUT2D eigenvalue weighted by Gasteiger charge is -2.10. The molecule has 0 bridgehead atoms. The second-order valence-corrected chi connectivity index (χ2v) is 6.35. The van der Waals surface area contributed by atoms with E-state index in [1.54, 1.807) is 0 Å². The van der Waals surface area contributed by atoms with E-state index in [2.05, 4.69) is 5.32 Å². The number of methoxy groups -OCH3 is 1. The van der Waals surface area contributed by atoms with Gasteiger partial charge < -0.3 is 14.8 Å². The van der Waals surface area contributed by atoms with E-state index in [-0.39, 0.29) is 12.5 Å². The number of fused-ring (bicyclic) bond motifs is 1. The van der Waals surface area contributed by atoms with Gasteiger partial charge in [-0.05, 0) is 29.3 Å². The minimum absolute atomic E-state index is 0.110. The second kappa shape index (κ2) is 7.40. The average molecular weight is 343 g/mol. The molecule has 0 fully saturated rings. The number of hydrogen-bond acceptors (Lipinski definition) is 5. The molecule has 0 aliphatic carbocycles. The van der Waals surface area contributed by atoms with Gasteiger partial charge in [-0.2, -0.15) is 0 Å². The molecule has 1 aliphatic rings. The van der Waals surface area contributed by atoms with Crippen LogP contribution in [0.4, 0.5) is 0 Å². The summed E-state index contributed by atoms with van der Waals surface area (Å²) in [7, 11) is 1.33. The maximum Gasteiger partial charge on any atom is 0.346 e. The quantitative estimate of drug-likeness (QED) is 0.846. The van der Waals surface area contributed by atoms with E-state index >= 15 is 0 Å². The molecule has 1 aliphatic heterocycles. The fraction of sp³-hybridized carbons (Fsp3) is 0.222. The predicted octanol–water partition coefficient (Wildman–Crippen LogP) is 2.86. The van der Waals surface area contributed by atoms with Gasteiger partial charge in [-0.1, -0.05) is 30.3 Å². The second-order valence-electron chi connectivity index (χ2n) is 5.24. The van der Waals surface area contributed by atoms with Crippen LogP contribution in [0, 0.1) is 0 Å². The molecular weight excluding hydrogens is 326 g/mol. The number of hydrogen-bond donors (Lipinski definition) is 1. The highest BCUT2D eigenvalue weighted by molar-refractivity contribution is 8.04. The van der Waals surface area contributed by atoms with Gasteiger partial charge in [-0.15, -0.1) is 11.8 Å². The number of nitrogens with one attached hydrogen (secondary N) is 1. The van der Waals surface area contributed by atoms with Gasteiger partial charge in [0.1, 0.15) is 10.7 Å². The van der Waals surface area contributed by atoms with Crippen LogP contribution in [0.1, 0.15) is 6.42 Å². The highest BCUT2D eigenvalue weighted by atomic mass is 32.2. The number of carbonyl (C=O) groups is 2. The van der Waals surface area contributed by atoms with Crippen LogP contribution < -0.4 is 10.1 Å². The molecule has 5 nitrogen and oxygen atoms in total. The molecule has 24 heavy (non-hydrogen) atoms. The molecule has 0 atom stereocenters. The summed E-state index contributed by atoms with van der Waals surface area (Å²) in [4.78, 5) is 24.2. The Balaban J connectivity index is 1.61. The zero-order chi connectivity index (χ0) is 16.9. The van der Waals surface area contributed by atoms with Crippen molar-refractivity contribution >= 4 is 34.4 Å². The van der Waals surface area contributed by atoms with Crippen molar-refractivity contribution in [2.24, 2.45) is 0 Å². The Morgan fingerprint density at radius 1 is 1.17 bits per heavy atom. The Kier molecular flexibility index (Phi) is 5.05. The first-order chi connectivity index (χ1) is 11.7. The van der Waals surface area contributed by atoms with E-state index in [1.165, 1.54) is 18.9 Å². The monoisotopic (exact) mass is 343 g/mol. The number of esters is 1. The van der Waals surface area contributed by atoms with Crippen molar-refractivity contribution in [3.63, 3.8) is 0 Å². The number of amides is 1. The number of carbonyl (C=O) groups excluding carboxylic acids is 2. The Morgan fingerprint density at radius 3 is 2.75 bits per heavy atom. The molecule has 1 amide bonds. The van der Waals surface area contributed by atoms with Crippen LogP contribution >= 0.6 is 11.8 Å². The Bertz CT molecular complexity index is 816. The number of rotatable bonds is 5. The summed E-state index contributed by atoms with van der Waals surface area (Å²) < 4.78 is 10.3. The Hall–Kier alpha value is -2.47. The van der Waals surface area contributed by atoms with Crippen molar-refractivity contribution in [3.05, 3.63) is 53.1 Å². The van der Waals surface area contributed by atoms with Crippen molar-refractivity contribution in [1.82, 2.24) is 5.32 Å². The van der Waals surface area contributed by atoms with Crippen LogP contribution in [-0.2, 0) is 14.3 Å². The van der Waals surface area contributed by atoms with Gasteiger partial charge in [0.25, 0.3) is 5.91 Å². The number of ether oxygens (including phenoxy) is 2. The lowest BCUT2D eigenvalue weighted by atomic mass is 10.1. The van der Waals surface area contributed by atoms with Crippen LogP contribution in [0.5, 0.6) is 5.75 Å². The molecule has 2 aromatic rings. The van der Waals surface area contributed by atoms with Crippen molar-refractivity contribution in [2.45, 2.75) is 6.42 Å². The lowest BCUT2D eigenvalue weighted by Crippen LogP contribution is -2.29. The molecule has 0 aromatic heterocycles. The molecule has 1 N–H and O–H groups in total. The van der Waals surface area contributed by atoms with E-state index in [0.717, 1.165) is 16.5 Å². The fourth-order valence-electron chi connectivity index (χ4n) is 2.46. The highest BCUT2D eigenvalue weighted by Crippen LogP contribution is 2.30. The van der Waals surface area contributed by atoms with Gasteiger partial charge >= 0.3 is 5.97 Å². The minimum atomic E-state index is -0.414. The molecular formula is C18H17NO4S. The third kappa shape index (κ3) is 3.71. The summed E-state index contributed by atoms with van der Waals surface area (Å²) in [6, 6.07) is 13.6. The van der Waals surface area contributed by atoms with Crippen LogP contribution in [0.15, 0.2) is 53.1 Å². The lowest BCUT2D eigenvalue weighted by molar-refractivity contribution is -0.135. The molecule has 0 spiro atoms. The highest BCUT2D eigenvalue weighted by Gasteiger charge is 2.23. The largest absolute Gasteiger partial charge is 0.484 e. The average Bonchev–Trinajstić information content (AvgIpc) is 3.07. The first-order valence-corrected chi connectivity index (χ1v) is 8.51. The molecule has 1 heterocycles. The summed E-state index contributed by atoms with van der Waals surface area (Å²) in [5.74, 6) is 0.683. The van der Waals surface area contributed by atoms with Crippen molar-refractivity contribution in [2.75, 3.05) is 19.5 Å². The van der Waals surface area contributed by atoms with E-state index in [9.17, 15) is 9.59 Å². The fourth-order valence-corrected chi connectivity index (χ4v) is 3.50. The first kappa shape index (κ1) is 16.4. The van der Waals surface area contributed by atoms with Gasteiger partial charge in [0.2, 0.25) is 0 Å². The summed E-state index contributed by atoms with van der Waals surface area (Å²) in [6.07, 6.45) is 0.636. The molecule has 6 heteroatoms. The summed E-state index contributed by atoms with van der Waals surface area (Å²) in [5.41, 5.74) is 0.610. The van der Waals surface area contributed by atoms with Crippen molar-refractivity contribution in [3.8, 4) is 5.75 Å². The molecule has 0 saturated carbocycles. The molecule has 0 saturated heterocycles. The van der Waals surface area contributed by atoms with Gasteiger partial charge in [0.15, 0.2) is 6.61 Å². The summed E-state index contributed by atoms with van der Waals surface area (Å²) in [6.45, 7) is -0.110. The van der Waals surface area contributed by atoms with Gasteiger partial charge in [-0.25, -0.2) is 4.79 Å². The predicted molar refractivity (Wildman–Crippen MR) is 93.7 cm³/mol. The first-order valence-electron chi connectivity index (χ1n) is 7.53. The third-order valence-corrected chi connectivity index (χ3v) is 4.73. The van der Waals surface area contributed by atoms with Gasteiger partial charge in [0, 0.05) is 11.4 Å².